The first-order valence-electron chi connectivity index (χ1n) is 7.80. The highest BCUT2D eigenvalue weighted by Crippen LogP contribution is 2.23. The van der Waals surface area contributed by atoms with Gasteiger partial charge in [-0.05, 0) is 13.0 Å². The van der Waals surface area contributed by atoms with E-state index < -0.39 is 0 Å². The first-order chi connectivity index (χ1) is 10.8. The Labute approximate surface area is 132 Å². The van der Waals surface area contributed by atoms with Gasteiger partial charge in [-0.1, -0.05) is 75.7 Å². The summed E-state index contributed by atoms with van der Waals surface area (Å²) in [4.78, 5) is 11.7. The molecule has 1 heterocycles. The normalized spacial score (nSPS) is 9.32. The summed E-state index contributed by atoms with van der Waals surface area (Å²) >= 11 is 0. The second-order valence-electron chi connectivity index (χ2n) is 4.31. The summed E-state index contributed by atoms with van der Waals surface area (Å²) in [5, 5.41) is 8.27. The molecule has 0 spiro atoms. The number of aryl methyl sites for hydroxylation is 1. The SMILES string of the molecule is CC.CC.Cc1ccc(-c2n[nH]c(=O)c3ccccc23)cc1. The van der Waals surface area contributed by atoms with Crippen molar-refractivity contribution in [2.75, 3.05) is 0 Å². The molecular formula is C19H24N2O. The molecule has 22 heavy (non-hydrogen) atoms. The summed E-state index contributed by atoms with van der Waals surface area (Å²) < 4.78 is 0. The summed E-state index contributed by atoms with van der Waals surface area (Å²) in [5.74, 6) is 0. The minimum absolute atomic E-state index is 0.151. The predicted molar refractivity (Wildman–Crippen MR) is 95.2 cm³/mol. The molecule has 0 bridgehead atoms. The van der Waals surface area contributed by atoms with Crippen LogP contribution >= 0.6 is 0 Å². The van der Waals surface area contributed by atoms with Crippen molar-refractivity contribution < 1.29 is 0 Å². The third kappa shape index (κ3) is 3.82. The van der Waals surface area contributed by atoms with Gasteiger partial charge in [-0.25, -0.2) is 5.10 Å². The molecule has 0 saturated carbocycles. The molecule has 0 aliphatic heterocycles. The molecular weight excluding hydrogens is 272 g/mol. The summed E-state index contributed by atoms with van der Waals surface area (Å²) in [6, 6.07) is 15.6. The van der Waals surface area contributed by atoms with Crippen LogP contribution in [0.5, 0.6) is 0 Å². The van der Waals surface area contributed by atoms with Crippen molar-refractivity contribution in [3.8, 4) is 11.3 Å². The van der Waals surface area contributed by atoms with Crippen LogP contribution in [0.1, 0.15) is 33.3 Å². The van der Waals surface area contributed by atoms with Crippen LogP contribution < -0.4 is 5.56 Å². The monoisotopic (exact) mass is 296 g/mol. The third-order valence-corrected chi connectivity index (χ3v) is 3.02. The standard InChI is InChI=1S/C15H12N2O.2C2H6/c1-10-6-8-11(9-7-10)14-12-4-2-3-5-13(12)15(18)17-16-14;2*1-2/h2-9H,1H3,(H,17,18);2*1-2H3. The average Bonchev–Trinajstić information content (AvgIpc) is 2.60. The number of fused-ring (bicyclic) bond motifs is 1. The Balaban J connectivity index is 0.000000561. The fourth-order valence-electron chi connectivity index (χ4n) is 2.05. The van der Waals surface area contributed by atoms with E-state index in [2.05, 4.69) is 10.2 Å². The van der Waals surface area contributed by atoms with Crippen LogP contribution in [0.2, 0.25) is 0 Å². The minimum Gasteiger partial charge on any atom is -0.267 e. The Bertz CT molecular complexity index is 758. The van der Waals surface area contributed by atoms with E-state index in [-0.39, 0.29) is 5.56 Å². The van der Waals surface area contributed by atoms with Crippen molar-refractivity contribution in [3.63, 3.8) is 0 Å². The van der Waals surface area contributed by atoms with Gasteiger partial charge < -0.3 is 0 Å². The first-order valence-corrected chi connectivity index (χ1v) is 7.80. The average molecular weight is 296 g/mol. The van der Waals surface area contributed by atoms with Gasteiger partial charge >= 0.3 is 0 Å². The van der Waals surface area contributed by atoms with E-state index in [0.717, 1.165) is 16.6 Å². The number of H-pyrrole nitrogens is 1. The van der Waals surface area contributed by atoms with E-state index in [9.17, 15) is 4.79 Å². The lowest BCUT2D eigenvalue weighted by atomic mass is 10.0. The number of aromatic nitrogens is 2. The lowest BCUT2D eigenvalue weighted by Gasteiger charge is -2.05. The second-order valence-corrected chi connectivity index (χ2v) is 4.31. The first kappa shape index (κ1) is 17.6. The molecule has 0 radical (unpaired) electrons. The molecule has 116 valence electrons. The van der Waals surface area contributed by atoms with E-state index >= 15 is 0 Å². The van der Waals surface area contributed by atoms with Gasteiger partial charge in [0.25, 0.3) is 5.56 Å². The van der Waals surface area contributed by atoms with Crippen LogP contribution in [0.15, 0.2) is 53.3 Å². The highest BCUT2D eigenvalue weighted by molar-refractivity contribution is 5.93. The maximum absolute atomic E-state index is 11.7. The topological polar surface area (TPSA) is 45.8 Å². The van der Waals surface area contributed by atoms with Crippen molar-refractivity contribution >= 4 is 10.8 Å². The largest absolute Gasteiger partial charge is 0.272 e. The molecule has 0 aliphatic rings. The highest BCUT2D eigenvalue weighted by Gasteiger charge is 2.07. The van der Waals surface area contributed by atoms with Gasteiger partial charge in [0.05, 0.1) is 11.1 Å². The Morgan fingerprint density at radius 3 is 1.95 bits per heavy atom. The molecule has 0 saturated heterocycles. The number of aromatic amines is 1. The Morgan fingerprint density at radius 1 is 0.818 bits per heavy atom. The van der Waals surface area contributed by atoms with Crippen molar-refractivity contribution in [3.05, 3.63) is 64.4 Å². The number of hydrogen-bond donors (Lipinski definition) is 1. The van der Waals surface area contributed by atoms with Crippen LogP contribution in [0.25, 0.3) is 22.0 Å². The minimum atomic E-state index is -0.151. The molecule has 0 unspecified atom stereocenters. The summed E-state index contributed by atoms with van der Waals surface area (Å²) in [6.45, 7) is 10.0. The van der Waals surface area contributed by atoms with Gasteiger partial charge in [0, 0.05) is 10.9 Å². The summed E-state index contributed by atoms with van der Waals surface area (Å²) in [7, 11) is 0. The Kier molecular flexibility index (Phi) is 7.03. The maximum Gasteiger partial charge on any atom is 0.272 e. The van der Waals surface area contributed by atoms with Crippen molar-refractivity contribution in [1.29, 1.82) is 0 Å². The molecule has 3 heteroatoms. The van der Waals surface area contributed by atoms with Gasteiger partial charge in [-0.2, -0.15) is 5.10 Å². The molecule has 1 aromatic heterocycles. The van der Waals surface area contributed by atoms with Gasteiger partial charge in [0.1, 0.15) is 0 Å². The zero-order chi connectivity index (χ0) is 16.5. The van der Waals surface area contributed by atoms with Crippen LogP contribution in [0.3, 0.4) is 0 Å². The molecule has 0 amide bonds. The number of nitrogens with zero attached hydrogens (tertiary/aromatic N) is 1. The Morgan fingerprint density at radius 2 is 1.36 bits per heavy atom. The zero-order valence-corrected chi connectivity index (χ0v) is 14.0. The molecule has 3 rings (SSSR count). The van der Waals surface area contributed by atoms with Crippen LogP contribution in [-0.2, 0) is 0 Å². The van der Waals surface area contributed by atoms with E-state index in [0.29, 0.717) is 5.39 Å². The van der Waals surface area contributed by atoms with Crippen molar-refractivity contribution in [2.24, 2.45) is 0 Å². The lowest BCUT2D eigenvalue weighted by molar-refractivity contribution is 1.02. The molecule has 3 nitrogen and oxygen atoms in total. The molecule has 0 atom stereocenters. The maximum atomic E-state index is 11.7. The molecule has 2 aromatic carbocycles. The van der Waals surface area contributed by atoms with Crippen molar-refractivity contribution in [1.82, 2.24) is 10.2 Å². The van der Waals surface area contributed by atoms with Crippen molar-refractivity contribution in [2.45, 2.75) is 34.6 Å². The lowest BCUT2D eigenvalue weighted by Crippen LogP contribution is -2.09. The number of rotatable bonds is 1. The number of benzene rings is 2. The second kappa shape index (κ2) is 8.78. The van der Waals surface area contributed by atoms with Gasteiger partial charge in [0.15, 0.2) is 0 Å². The number of nitrogens with one attached hydrogen (secondary N) is 1. The van der Waals surface area contributed by atoms with Crippen LogP contribution in [-0.4, -0.2) is 10.2 Å². The molecule has 0 aliphatic carbocycles. The molecule has 0 fully saturated rings. The van der Waals surface area contributed by atoms with Crippen LogP contribution in [0.4, 0.5) is 0 Å². The fourth-order valence-corrected chi connectivity index (χ4v) is 2.05. The quantitative estimate of drug-likeness (QED) is 0.690. The Hall–Kier alpha value is -2.42. The summed E-state index contributed by atoms with van der Waals surface area (Å²) in [6.07, 6.45) is 0. The molecule has 3 aromatic rings. The third-order valence-electron chi connectivity index (χ3n) is 3.02. The van der Waals surface area contributed by atoms with Gasteiger partial charge in [-0.15, -0.1) is 0 Å². The van der Waals surface area contributed by atoms with E-state index in [1.165, 1.54) is 5.56 Å². The van der Waals surface area contributed by atoms with E-state index in [1.807, 2.05) is 83.1 Å². The van der Waals surface area contributed by atoms with Gasteiger partial charge in [0.2, 0.25) is 0 Å². The predicted octanol–water partition coefficient (Wildman–Crippen LogP) is 4.95. The molecule has 1 N–H and O–H groups in total. The van der Waals surface area contributed by atoms with Crippen LogP contribution in [0, 0.1) is 6.92 Å². The van der Waals surface area contributed by atoms with E-state index in [1.54, 1.807) is 0 Å². The fraction of sp³-hybridized carbons (Fsp3) is 0.263. The smallest absolute Gasteiger partial charge is 0.267 e. The van der Waals surface area contributed by atoms with E-state index in [4.69, 9.17) is 0 Å². The number of hydrogen-bond acceptors (Lipinski definition) is 2. The highest BCUT2D eigenvalue weighted by atomic mass is 16.1. The zero-order valence-electron chi connectivity index (χ0n) is 14.0. The van der Waals surface area contributed by atoms with Gasteiger partial charge in [-0.3, -0.25) is 4.79 Å². The summed E-state index contributed by atoms with van der Waals surface area (Å²) in [5.41, 5.74) is 2.87.